The summed E-state index contributed by atoms with van der Waals surface area (Å²) in [5.74, 6) is -5.55. The van der Waals surface area contributed by atoms with Crippen LogP contribution in [0.3, 0.4) is 0 Å². The highest BCUT2D eigenvalue weighted by atomic mass is 19.2. The van der Waals surface area contributed by atoms with Crippen LogP contribution in [0.25, 0.3) is 0 Å². The van der Waals surface area contributed by atoms with Gasteiger partial charge in [-0.3, -0.25) is 0 Å². The van der Waals surface area contributed by atoms with Crippen molar-refractivity contribution in [1.29, 1.82) is 0 Å². The zero-order chi connectivity index (χ0) is 14.9. The molecule has 20 heavy (non-hydrogen) atoms. The quantitative estimate of drug-likeness (QED) is 0.597. The van der Waals surface area contributed by atoms with Crippen LogP contribution in [0.4, 0.5) is 30.2 Å². The Morgan fingerprint density at radius 2 is 1.75 bits per heavy atom. The summed E-state index contributed by atoms with van der Waals surface area (Å²) in [5.41, 5.74) is 5.40. The summed E-state index contributed by atoms with van der Waals surface area (Å²) in [7, 11) is 0. The maximum absolute atomic E-state index is 13.5. The highest BCUT2D eigenvalue weighted by Gasteiger charge is 2.15. The van der Waals surface area contributed by atoms with Gasteiger partial charge in [0.05, 0.1) is 22.6 Å². The third-order valence-electron chi connectivity index (χ3n) is 2.60. The average Bonchev–Trinajstić information content (AvgIpc) is 2.41. The molecule has 0 saturated heterocycles. The Hall–Kier alpha value is -2.70. The topological polar surface area (TPSA) is 75.4 Å². The number of halogens is 3. The number of hydrogen-bond donors (Lipinski definition) is 3. The molecule has 0 aliphatic rings. The Kier molecular flexibility index (Phi) is 3.51. The maximum atomic E-state index is 13.5. The molecule has 0 amide bonds. The van der Waals surface area contributed by atoms with Crippen LogP contribution in [0.15, 0.2) is 30.3 Å². The number of nitrogens with one attached hydrogen (secondary N) is 1. The van der Waals surface area contributed by atoms with Gasteiger partial charge in [-0.15, -0.1) is 0 Å². The van der Waals surface area contributed by atoms with E-state index in [0.29, 0.717) is 0 Å². The van der Waals surface area contributed by atoms with Gasteiger partial charge in [-0.2, -0.15) is 0 Å². The average molecular weight is 282 g/mol. The summed E-state index contributed by atoms with van der Waals surface area (Å²) in [6.07, 6.45) is 0. The molecule has 0 fully saturated rings. The van der Waals surface area contributed by atoms with E-state index in [9.17, 15) is 18.0 Å². The standard InChI is InChI=1S/C13H9F3N2O2/c14-7-2-4-9(12(16)11(7)15)18-10-5-6(13(19)20)1-3-8(10)17/h1-5,18H,17H2,(H,19,20). The van der Waals surface area contributed by atoms with Crippen LogP contribution >= 0.6 is 0 Å². The van der Waals surface area contributed by atoms with E-state index in [-0.39, 0.29) is 22.6 Å². The van der Waals surface area contributed by atoms with Crippen LogP contribution in [0.5, 0.6) is 0 Å². The number of nitrogens with two attached hydrogens (primary N) is 1. The first-order chi connectivity index (χ1) is 9.40. The molecule has 0 aliphatic carbocycles. The lowest BCUT2D eigenvalue weighted by Crippen LogP contribution is -2.03. The highest BCUT2D eigenvalue weighted by molar-refractivity contribution is 5.91. The fraction of sp³-hybridized carbons (Fsp3) is 0. The van der Waals surface area contributed by atoms with Gasteiger partial charge in [0.25, 0.3) is 0 Å². The molecule has 4 nitrogen and oxygen atoms in total. The van der Waals surface area contributed by atoms with E-state index in [1.165, 1.54) is 18.2 Å². The number of carbonyl (C=O) groups is 1. The first-order valence-electron chi connectivity index (χ1n) is 5.43. The van der Waals surface area contributed by atoms with Crippen molar-refractivity contribution in [2.45, 2.75) is 0 Å². The summed E-state index contributed by atoms with van der Waals surface area (Å²) in [6.45, 7) is 0. The molecule has 7 heteroatoms. The van der Waals surface area contributed by atoms with Crippen LogP contribution in [0.2, 0.25) is 0 Å². The lowest BCUT2D eigenvalue weighted by molar-refractivity contribution is 0.0697. The van der Waals surface area contributed by atoms with Crippen molar-refractivity contribution in [3.05, 3.63) is 53.3 Å². The number of carboxylic acid groups (broad SMARTS) is 1. The second-order valence-electron chi connectivity index (χ2n) is 3.96. The first kappa shape index (κ1) is 13.7. The van der Waals surface area contributed by atoms with Crippen LogP contribution in [-0.4, -0.2) is 11.1 Å². The molecule has 0 heterocycles. The monoisotopic (exact) mass is 282 g/mol. The minimum atomic E-state index is -1.62. The molecule has 4 N–H and O–H groups in total. The van der Waals surface area contributed by atoms with Crippen LogP contribution in [0.1, 0.15) is 10.4 Å². The van der Waals surface area contributed by atoms with Gasteiger partial charge in [-0.25, -0.2) is 18.0 Å². The van der Waals surface area contributed by atoms with Gasteiger partial charge in [0.1, 0.15) is 0 Å². The Labute approximate surface area is 111 Å². The van der Waals surface area contributed by atoms with Crippen molar-refractivity contribution in [3.8, 4) is 0 Å². The van der Waals surface area contributed by atoms with E-state index in [2.05, 4.69) is 5.32 Å². The van der Waals surface area contributed by atoms with E-state index in [4.69, 9.17) is 10.8 Å². The second-order valence-corrected chi connectivity index (χ2v) is 3.96. The van der Waals surface area contributed by atoms with Crippen molar-refractivity contribution in [3.63, 3.8) is 0 Å². The first-order valence-corrected chi connectivity index (χ1v) is 5.43. The van der Waals surface area contributed by atoms with Gasteiger partial charge in [-0.1, -0.05) is 0 Å². The van der Waals surface area contributed by atoms with Gasteiger partial charge in [0.2, 0.25) is 0 Å². The SMILES string of the molecule is Nc1ccc(C(=O)O)cc1Nc1ccc(F)c(F)c1F. The number of rotatable bonds is 3. The number of nitrogen functional groups attached to an aromatic ring is 1. The fourth-order valence-electron chi connectivity index (χ4n) is 1.57. The van der Waals surface area contributed by atoms with Gasteiger partial charge < -0.3 is 16.2 Å². The summed E-state index contributed by atoms with van der Waals surface area (Å²) in [5, 5.41) is 11.3. The molecule has 104 valence electrons. The minimum Gasteiger partial charge on any atom is -0.478 e. The normalized spacial score (nSPS) is 10.3. The largest absolute Gasteiger partial charge is 0.478 e. The molecule has 2 rings (SSSR count). The van der Waals surface area contributed by atoms with E-state index in [1.54, 1.807) is 0 Å². The van der Waals surface area contributed by atoms with Gasteiger partial charge >= 0.3 is 5.97 Å². The number of hydrogen-bond acceptors (Lipinski definition) is 3. The fourth-order valence-corrected chi connectivity index (χ4v) is 1.57. The van der Waals surface area contributed by atoms with Crippen LogP contribution in [0, 0.1) is 17.5 Å². The molecule has 0 spiro atoms. The third kappa shape index (κ3) is 2.51. The zero-order valence-corrected chi connectivity index (χ0v) is 9.95. The molecule has 0 unspecified atom stereocenters. The Morgan fingerprint density at radius 1 is 1.05 bits per heavy atom. The van der Waals surface area contributed by atoms with Crippen molar-refractivity contribution in [2.75, 3.05) is 11.1 Å². The maximum Gasteiger partial charge on any atom is 0.335 e. The number of anilines is 3. The van der Waals surface area contributed by atoms with E-state index in [1.807, 2.05) is 0 Å². The van der Waals surface area contributed by atoms with Crippen molar-refractivity contribution in [1.82, 2.24) is 0 Å². The summed E-state index contributed by atoms with van der Waals surface area (Å²) in [6, 6.07) is 5.48. The summed E-state index contributed by atoms with van der Waals surface area (Å²) in [4.78, 5) is 10.8. The highest BCUT2D eigenvalue weighted by Crippen LogP contribution is 2.27. The van der Waals surface area contributed by atoms with E-state index in [0.717, 1.165) is 12.1 Å². The molecule has 0 saturated carbocycles. The predicted octanol–water partition coefficient (Wildman–Crippen LogP) is 3.13. The second kappa shape index (κ2) is 5.12. The number of benzene rings is 2. The van der Waals surface area contributed by atoms with Crippen LogP contribution < -0.4 is 11.1 Å². The van der Waals surface area contributed by atoms with Crippen molar-refractivity contribution >= 4 is 23.0 Å². The van der Waals surface area contributed by atoms with E-state index < -0.39 is 23.4 Å². The lowest BCUT2D eigenvalue weighted by atomic mass is 10.1. The van der Waals surface area contributed by atoms with Crippen LogP contribution in [-0.2, 0) is 0 Å². The molecular formula is C13H9F3N2O2. The molecule has 0 aliphatic heterocycles. The Morgan fingerprint density at radius 3 is 2.40 bits per heavy atom. The molecule has 0 radical (unpaired) electrons. The Balaban J connectivity index is 2.42. The molecule has 0 bridgehead atoms. The minimum absolute atomic E-state index is 0.0785. The van der Waals surface area contributed by atoms with Gasteiger partial charge in [0.15, 0.2) is 17.5 Å². The number of carboxylic acids is 1. The van der Waals surface area contributed by atoms with E-state index >= 15 is 0 Å². The molecule has 2 aromatic carbocycles. The summed E-state index contributed by atoms with van der Waals surface area (Å²) < 4.78 is 39.4. The van der Waals surface area contributed by atoms with Crippen molar-refractivity contribution < 1.29 is 23.1 Å². The molecular weight excluding hydrogens is 273 g/mol. The molecule has 0 atom stereocenters. The zero-order valence-electron chi connectivity index (χ0n) is 9.95. The third-order valence-corrected chi connectivity index (χ3v) is 2.60. The predicted molar refractivity (Wildman–Crippen MR) is 67.4 cm³/mol. The summed E-state index contributed by atoms with van der Waals surface area (Å²) >= 11 is 0. The number of aromatic carboxylic acids is 1. The van der Waals surface area contributed by atoms with Crippen molar-refractivity contribution in [2.24, 2.45) is 0 Å². The molecule has 0 aromatic heterocycles. The lowest BCUT2D eigenvalue weighted by Gasteiger charge is -2.11. The Bertz CT molecular complexity index is 690. The van der Waals surface area contributed by atoms with Gasteiger partial charge in [0, 0.05) is 0 Å². The smallest absolute Gasteiger partial charge is 0.335 e. The van der Waals surface area contributed by atoms with Gasteiger partial charge in [-0.05, 0) is 30.3 Å². The molecule has 2 aromatic rings.